The van der Waals surface area contributed by atoms with E-state index < -0.39 is 53.3 Å². The fourth-order valence-corrected chi connectivity index (χ4v) is 9.42. The predicted octanol–water partition coefficient (Wildman–Crippen LogP) is 6.48. The number of hydrogen-bond donors (Lipinski definition) is 3. The lowest BCUT2D eigenvalue weighted by Gasteiger charge is -2.38. The molecule has 0 bridgehead atoms. The number of thiazole rings is 1. The van der Waals surface area contributed by atoms with Crippen molar-refractivity contribution in [3.8, 4) is 0 Å². The smallest absolute Gasteiger partial charge is 0.416 e. The van der Waals surface area contributed by atoms with Crippen molar-refractivity contribution < 1.29 is 46.9 Å². The Morgan fingerprint density at radius 1 is 1.07 bits per heavy atom. The van der Waals surface area contributed by atoms with Crippen LogP contribution in [0.3, 0.4) is 0 Å². The summed E-state index contributed by atoms with van der Waals surface area (Å²) in [6.45, 7) is 6.71. The number of benzene rings is 2. The molecule has 12 nitrogen and oxygen atoms in total. The molecule has 7 atom stereocenters. The minimum absolute atomic E-state index is 0.0544. The van der Waals surface area contributed by atoms with Gasteiger partial charge in [-0.1, -0.05) is 56.7 Å². The monoisotopic (exact) mass is 827 g/mol. The van der Waals surface area contributed by atoms with Gasteiger partial charge in [-0.25, -0.2) is 4.98 Å². The number of likely N-dealkylation sites (tertiary alicyclic amines) is 1. The van der Waals surface area contributed by atoms with E-state index in [9.17, 15) is 37.5 Å². The summed E-state index contributed by atoms with van der Waals surface area (Å²) >= 11 is 1.20. The molecule has 1 saturated carbocycles. The zero-order chi connectivity index (χ0) is 41.9. The molecule has 314 valence electrons. The van der Waals surface area contributed by atoms with Gasteiger partial charge in [0.25, 0.3) is 5.91 Å². The van der Waals surface area contributed by atoms with Crippen LogP contribution in [0.25, 0.3) is 0 Å². The minimum Gasteiger partial charge on any atom is -0.481 e. The first-order chi connectivity index (χ1) is 27.5. The topological polar surface area (TPSA) is 150 Å². The van der Waals surface area contributed by atoms with Crippen LogP contribution in [0.15, 0.2) is 53.9 Å². The van der Waals surface area contributed by atoms with Crippen molar-refractivity contribution in [1.29, 1.82) is 0 Å². The molecule has 58 heavy (non-hydrogen) atoms. The summed E-state index contributed by atoms with van der Waals surface area (Å²) in [5, 5.41) is 18.1. The zero-order valence-corrected chi connectivity index (χ0v) is 34.2. The Bertz CT molecular complexity index is 1960. The number of alkyl halides is 3. The Balaban J connectivity index is 1.21. The van der Waals surface area contributed by atoms with E-state index in [4.69, 9.17) is 9.47 Å². The van der Waals surface area contributed by atoms with E-state index in [1.807, 2.05) is 56.1 Å². The van der Waals surface area contributed by atoms with Gasteiger partial charge in [-0.15, -0.1) is 11.3 Å². The summed E-state index contributed by atoms with van der Waals surface area (Å²) in [7, 11) is 3.41. The highest BCUT2D eigenvalue weighted by Crippen LogP contribution is 2.61. The third kappa shape index (κ3) is 9.56. The van der Waals surface area contributed by atoms with Crippen molar-refractivity contribution in [2.75, 3.05) is 27.5 Å². The van der Waals surface area contributed by atoms with Crippen LogP contribution in [-0.2, 0) is 36.6 Å². The second kappa shape index (κ2) is 17.9. The SMILES string of the molecule is COCO[C@H](C[C@H](C(C)C)N(Cc1ccccc1)C(=O)[C@H](C)NC(=O)[C@H]1CCCCN1C)c1nc(C(=O)NC23C[C@@H](C(=O)O)c4cc(C(F)(F)F)ccc4[C@@H]2C3)cs1. The summed E-state index contributed by atoms with van der Waals surface area (Å²) in [5.74, 6) is -3.87. The third-order valence-corrected chi connectivity index (χ3v) is 12.7. The van der Waals surface area contributed by atoms with Gasteiger partial charge in [0.2, 0.25) is 11.8 Å². The number of nitrogens with one attached hydrogen (secondary N) is 2. The molecular weight excluding hydrogens is 776 g/mol. The molecule has 2 fully saturated rings. The molecule has 1 aliphatic heterocycles. The number of carbonyl (C=O) groups is 4. The number of aromatic nitrogens is 1. The molecule has 3 N–H and O–H groups in total. The van der Waals surface area contributed by atoms with Gasteiger partial charge in [0, 0.05) is 43.0 Å². The fraction of sp³-hybridized carbons (Fsp3) is 0.548. The molecule has 1 saturated heterocycles. The number of halogens is 3. The van der Waals surface area contributed by atoms with Crippen LogP contribution in [0.4, 0.5) is 13.2 Å². The van der Waals surface area contributed by atoms with Crippen molar-refractivity contribution in [2.45, 2.75) is 114 Å². The minimum atomic E-state index is -4.62. The van der Waals surface area contributed by atoms with Gasteiger partial charge >= 0.3 is 12.1 Å². The molecule has 1 unspecified atom stereocenters. The molecule has 3 aromatic rings. The van der Waals surface area contributed by atoms with Gasteiger partial charge in [-0.2, -0.15) is 13.2 Å². The molecule has 16 heteroatoms. The van der Waals surface area contributed by atoms with E-state index in [1.165, 1.54) is 24.5 Å². The summed E-state index contributed by atoms with van der Waals surface area (Å²) < 4.78 is 52.0. The molecule has 0 spiro atoms. The summed E-state index contributed by atoms with van der Waals surface area (Å²) in [6.07, 6.45) is -2.03. The van der Waals surface area contributed by atoms with E-state index >= 15 is 0 Å². The number of amides is 3. The number of rotatable bonds is 16. The molecule has 3 amide bonds. The number of hydrogen-bond acceptors (Lipinski definition) is 9. The van der Waals surface area contributed by atoms with Gasteiger partial charge in [-0.05, 0) is 80.9 Å². The van der Waals surface area contributed by atoms with Crippen LogP contribution >= 0.6 is 11.3 Å². The predicted molar refractivity (Wildman–Crippen MR) is 210 cm³/mol. The van der Waals surface area contributed by atoms with Crippen molar-refractivity contribution in [3.05, 3.63) is 86.9 Å². The molecule has 2 aromatic carbocycles. The van der Waals surface area contributed by atoms with E-state index in [0.717, 1.165) is 43.5 Å². The molecule has 2 heterocycles. The van der Waals surface area contributed by atoms with Crippen LogP contribution in [0, 0.1) is 5.92 Å². The summed E-state index contributed by atoms with van der Waals surface area (Å²) in [6, 6.07) is 11.2. The number of carboxylic acids is 1. The van der Waals surface area contributed by atoms with E-state index in [1.54, 1.807) is 17.2 Å². The maximum Gasteiger partial charge on any atom is 0.416 e. The standard InChI is InChI=1S/C42H52F3N5O7S/c1-24(2)34(50(21-26-11-7-6-8-12-26)39(53)25(3)46-37(52)33-13-9-10-16-49(33)4)18-35(57-23-56-5)38-47-32(22-58-38)36(51)48-41-19-30(40(54)55)29-17-27(42(43,44)45)14-15-28(29)31(41)20-41/h6-8,11-12,14-15,17,22,24-25,30-31,33-35H,9-10,13,16,18-21,23H2,1-5H3,(H,46,52)(H,48,51)(H,54,55)/t25-,30+,31-,33+,34+,35+,41?/m0/s1. The van der Waals surface area contributed by atoms with Crippen molar-refractivity contribution >= 4 is 35.0 Å². The number of piperidine rings is 1. The molecule has 6 rings (SSSR count). The molecular formula is C42H52F3N5O7S. The maximum atomic E-state index is 14.4. The fourth-order valence-electron chi connectivity index (χ4n) is 8.56. The quantitative estimate of drug-likeness (QED) is 0.138. The summed E-state index contributed by atoms with van der Waals surface area (Å²) in [5.41, 5.74) is -0.254. The first-order valence-corrected chi connectivity index (χ1v) is 20.6. The normalized spacial score (nSPS) is 23.2. The number of nitrogens with zero attached hydrogens (tertiary/aromatic N) is 3. The molecule has 0 radical (unpaired) electrons. The van der Waals surface area contributed by atoms with Crippen molar-refractivity contribution in [3.63, 3.8) is 0 Å². The highest BCUT2D eigenvalue weighted by molar-refractivity contribution is 7.09. The van der Waals surface area contributed by atoms with Gasteiger partial charge in [0.15, 0.2) is 0 Å². The lowest BCUT2D eigenvalue weighted by Crippen LogP contribution is -2.55. The Morgan fingerprint density at radius 2 is 1.81 bits per heavy atom. The number of carbonyl (C=O) groups excluding carboxylic acids is 3. The largest absolute Gasteiger partial charge is 0.481 e. The molecule has 3 aliphatic rings. The maximum absolute atomic E-state index is 14.4. The second-order valence-electron chi connectivity index (χ2n) is 16.2. The zero-order valence-electron chi connectivity index (χ0n) is 33.4. The van der Waals surface area contributed by atoms with Gasteiger partial charge in [0.1, 0.15) is 29.6 Å². The first-order valence-electron chi connectivity index (χ1n) is 19.7. The van der Waals surface area contributed by atoms with Crippen LogP contribution < -0.4 is 10.6 Å². The van der Waals surface area contributed by atoms with Crippen molar-refractivity contribution in [1.82, 2.24) is 25.4 Å². The van der Waals surface area contributed by atoms with Crippen LogP contribution in [0.5, 0.6) is 0 Å². The highest BCUT2D eigenvalue weighted by atomic mass is 32.1. The Morgan fingerprint density at radius 3 is 2.47 bits per heavy atom. The average molecular weight is 828 g/mol. The number of methoxy groups -OCH3 is 1. The van der Waals surface area contributed by atoms with Crippen LogP contribution in [0.1, 0.15) is 115 Å². The average Bonchev–Trinajstić information content (AvgIpc) is 3.68. The number of carboxylic acid groups (broad SMARTS) is 1. The Hall–Kier alpha value is -4.38. The van der Waals surface area contributed by atoms with Gasteiger partial charge in [0.05, 0.1) is 17.5 Å². The van der Waals surface area contributed by atoms with Gasteiger partial charge in [-0.3, -0.25) is 24.1 Å². The highest BCUT2D eigenvalue weighted by Gasteiger charge is 2.61. The third-order valence-electron chi connectivity index (χ3n) is 11.8. The van der Waals surface area contributed by atoms with Crippen LogP contribution in [-0.4, -0.2) is 94.7 Å². The first kappa shape index (κ1) is 43.2. The van der Waals surface area contributed by atoms with Crippen LogP contribution in [0.2, 0.25) is 0 Å². The second-order valence-corrected chi connectivity index (χ2v) is 17.0. The number of likely N-dealkylation sites (N-methyl/N-ethyl adjacent to an activating group) is 1. The lowest BCUT2D eigenvalue weighted by molar-refractivity contribution is -0.142. The van der Waals surface area contributed by atoms with E-state index in [-0.39, 0.29) is 67.1 Å². The lowest BCUT2D eigenvalue weighted by atomic mass is 9.79. The van der Waals surface area contributed by atoms with Gasteiger partial charge < -0.3 is 30.1 Å². The number of ether oxygens (including phenoxy) is 2. The van der Waals surface area contributed by atoms with Crippen molar-refractivity contribution in [2.24, 2.45) is 5.92 Å². The Labute approximate surface area is 340 Å². The molecule has 1 aromatic heterocycles. The Kier molecular flexibility index (Phi) is 13.3. The number of fused-ring (bicyclic) bond motifs is 3. The molecule has 2 aliphatic carbocycles. The summed E-state index contributed by atoms with van der Waals surface area (Å²) in [4.78, 5) is 62.4. The van der Waals surface area contributed by atoms with E-state index in [2.05, 4.69) is 15.6 Å². The van der Waals surface area contributed by atoms with E-state index in [0.29, 0.717) is 17.0 Å². The number of aliphatic carboxylic acids is 1.